The predicted molar refractivity (Wildman–Crippen MR) is 74.6 cm³/mol. The average molecular weight is 278 g/mol. The van der Waals surface area contributed by atoms with E-state index in [-0.39, 0.29) is 5.56 Å². The standard InChI is InChI=1S/C14H15FN2O3/c1-3-6-16-12-9-7-8(15)4-5-10(9)17-13(18)11(12)14(19)20-2/h4-5,7H,3,6H2,1-2H3,(H2,16,17,18). The van der Waals surface area contributed by atoms with Crippen LogP contribution in [0.1, 0.15) is 23.7 Å². The number of aromatic nitrogens is 1. The summed E-state index contributed by atoms with van der Waals surface area (Å²) in [6.45, 7) is 2.50. The molecule has 1 aromatic heterocycles. The highest BCUT2D eigenvalue weighted by Crippen LogP contribution is 2.25. The maximum Gasteiger partial charge on any atom is 0.345 e. The minimum Gasteiger partial charge on any atom is -0.465 e. The topological polar surface area (TPSA) is 71.2 Å². The molecule has 0 saturated carbocycles. The van der Waals surface area contributed by atoms with Crippen LogP contribution >= 0.6 is 0 Å². The van der Waals surface area contributed by atoms with E-state index in [1.807, 2.05) is 6.92 Å². The van der Waals surface area contributed by atoms with Crippen molar-refractivity contribution < 1.29 is 13.9 Å². The van der Waals surface area contributed by atoms with E-state index in [2.05, 4.69) is 15.0 Å². The molecule has 0 atom stereocenters. The SMILES string of the molecule is CCCNc1c(C(=O)OC)c(=O)[nH]c2ccc(F)cc12. The number of H-pyrrole nitrogens is 1. The van der Waals surface area contributed by atoms with E-state index in [1.165, 1.54) is 25.3 Å². The minimum atomic E-state index is -0.754. The maximum atomic E-state index is 13.4. The van der Waals surface area contributed by atoms with Crippen molar-refractivity contribution in [1.29, 1.82) is 0 Å². The highest BCUT2D eigenvalue weighted by Gasteiger charge is 2.20. The van der Waals surface area contributed by atoms with Gasteiger partial charge in [0.1, 0.15) is 11.4 Å². The summed E-state index contributed by atoms with van der Waals surface area (Å²) in [6.07, 6.45) is 0.796. The Morgan fingerprint density at radius 2 is 2.20 bits per heavy atom. The second-order valence-electron chi connectivity index (χ2n) is 4.31. The van der Waals surface area contributed by atoms with E-state index in [9.17, 15) is 14.0 Å². The third kappa shape index (κ3) is 2.49. The second-order valence-corrected chi connectivity index (χ2v) is 4.31. The first-order valence-corrected chi connectivity index (χ1v) is 6.26. The molecule has 0 aliphatic carbocycles. The molecule has 6 heteroatoms. The van der Waals surface area contributed by atoms with Crippen LogP contribution in [-0.2, 0) is 4.74 Å². The van der Waals surface area contributed by atoms with Crippen molar-refractivity contribution in [2.75, 3.05) is 19.0 Å². The number of esters is 1. The zero-order valence-corrected chi connectivity index (χ0v) is 11.2. The van der Waals surface area contributed by atoms with Gasteiger partial charge in [-0.05, 0) is 24.6 Å². The van der Waals surface area contributed by atoms with Crippen LogP contribution in [-0.4, -0.2) is 24.6 Å². The summed E-state index contributed by atoms with van der Waals surface area (Å²) in [6, 6.07) is 3.99. The summed E-state index contributed by atoms with van der Waals surface area (Å²) in [5, 5.41) is 3.44. The van der Waals surface area contributed by atoms with Gasteiger partial charge in [0.25, 0.3) is 5.56 Å². The lowest BCUT2D eigenvalue weighted by molar-refractivity contribution is 0.0600. The molecule has 0 aliphatic rings. The molecule has 0 amide bonds. The van der Waals surface area contributed by atoms with Gasteiger partial charge in [0, 0.05) is 11.9 Å². The van der Waals surface area contributed by atoms with Crippen molar-refractivity contribution >= 4 is 22.6 Å². The number of fused-ring (bicyclic) bond motifs is 1. The molecule has 2 rings (SSSR count). The highest BCUT2D eigenvalue weighted by atomic mass is 19.1. The number of rotatable bonds is 4. The maximum absolute atomic E-state index is 13.4. The van der Waals surface area contributed by atoms with Crippen LogP contribution in [0, 0.1) is 5.82 Å². The third-order valence-electron chi connectivity index (χ3n) is 2.92. The van der Waals surface area contributed by atoms with Gasteiger partial charge in [0.2, 0.25) is 0 Å². The van der Waals surface area contributed by atoms with Gasteiger partial charge in [-0.25, -0.2) is 9.18 Å². The molecule has 5 nitrogen and oxygen atoms in total. The zero-order valence-electron chi connectivity index (χ0n) is 11.2. The van der Waals surface area contributed by atoms with Gasteiger partial charge in [-0.3, -0.25) is 4.79 Å². The molecule has 0 fully saturated rings. The number of aromatic amines is 1. The van der Waals surface area contributed by atoms with Gasteiger partial charge in [-0.1, -0.05) is 6.92 Å². The second kappa shape index (κ2) is 5.73. The molecule has 0 aliphatic heterocycles. The van der Waals surface area contributed by atoms with Crippen LogP contribution in [0.5, 0.6) is 0 Å². The first kappa shape index (κ1) is 14.0. The summed E-state index contributed by atoms with van der Waals surface area (Å²) in [4.78, 5) is 26.3. The van der Waals surface area contributed by atoms with Crippen LogP contribution in [0.25, 0.3) is 10.9 Å². The Bertz CT molecular complexity index is 709. The van der Waals surface area contributed by atoms with E-state index in [1.54, 1.807) is 0 Å². The lowest BCUT2D eigenvalue weighted by Gasteiger charge is -2.12. The fraction of sp³-hybridized carbons (Fsp3) is 0.286. The molecule has 0 saturated heterocycles. The summed E-state index contributed by atoms with van der Waals surface area (Å²) in [5.41, 5.74) is 0.0632. The van der Waals surface area contributed by atoms with Crippen LogP contribution < -0.4 is 10.9 Å². The van der Waals surface area contributed by atoms with Crippen LogP contribution in [0.4, 0.5) is 10.1 Å². The van der Waals surface area contributed by atoms with Crippen molar-refractivity contribution in [3.63, 3.8) is 0 Å². The van der Waals surface area contributed by atoms with Crippen LogP contribution in [0.3, 0.4) is 0 Å². The summed E-state index contributed by atoms with van der Waals surface area (Å²) < 4.78 is 18.0. The molecule has 0 unspecified atom stereocenters. The number of carbonyl (C=O) groups is 1. The third-order valence-corrected chi connectivity index (χ3v) is 2.92. The normalized spacial score (nSPS) is 10.6. The van der Waals surface area contributed by atoms with Crippen LogP contribution in [0.2, 0.25) is 0 Å². The summed E-state index contributed by atoms with van der Waals surface area (Å²) >= 11 is 0. The van der Waals surface area contributed by atoms with Gasteiger partial charge in [-0.15, -0.1) is 0 Å². The quantitative estimate of drug-likeness (QED) is 0.842. The molecular formula is C14H15FN2O3. The van der Waals surface area contributed by atoms with Gasteiger partial charge in [-0.2, -0.15) is 0 Å². The lowest BCUT2D eigenvalue weighted by atomic mass is 10.1. The predicted octanol–water partition coefficient (Wildman–Crippen LogP) is 2.28. The van der Waals surface area contributed by atoms with Gasteiger partial charge in [0.15, 0.2) is 0 Å². The number of hydrogen-bond donors (Lipinski definition) is 2. The van der Waals surface area contributed by atoms with E-state index < -0.39 is 17.3 Å². The number of anilines is 1. The molecule has 0 radical (unpaired) electrons. The van der Waals surface area contributed by atoms with Crippen molar-refractivity contribution in [3.8, 4) is 0 Å². The Balaban J connectivity index is 2.78. The summed E-state index contributed by atoms with van der Waals surface area (Å²) in [7, 11) is 1.20. The Hall–Kier alpha value is -2.37. The van der Waals surface area contributed by atoms with Crippen LogP contribution in [0.15, 0.2) is 23.0 Å². The first-order valence-electron chi connectivity index (χ1n) is 6.26. The van der Waals surface area contributed by atoms with E-state index >= 15 is 0 Å². The van der Waals surface area contributed by atoms with E-state index in [0.717, 1.165) is 6.42 Å². The number of halogens is 1. The molecular weight excluding hydrogens is 263 g/mol. The molecule has 106 valence electrons. The average Bonchev–Trinajstić information content (AvgIpc) is 2.44. The molecule has 20 heavy (non-hydrogen) atoms. The van der Waals surface area contributed by atoms with Crippen molar-refractivity contribution in [3.05, 3.63) is 39.9 Å². The Kier molecular flexibility index (Phi) is 4.02. The zero-order chi connectivity index (χ0) is 14.7. The highest BCUT2D eigenvalue weighted by molar-refractivity contribution is 6.04. The number of carbonyl (C=O) groups excluding carboxylic acids is 1. The van der Waals surface area contributed by atoms with Gasteiger partial charge < -0.3 is 15.0 Å². The number of pyridine rings is 1. The molecule has 2 N–H and O–H groups in total. The fourth-order valence-corrected chi connectivity index (χ4v) is 2.00. The molecule has 1 heterocycles. The molecule has 1 aromatic carbocycles. The van der Waals surface area contributed by atoms with Gasteiger partial charge >= 0.3 is 5.97 Å². The number of hydrogen-bond acceptors (Lipinski definition) is 4. The fourth-order valence-electron chi connectivity index (χ4n) is 2.00. The smallest absolute Gasteiger partial charge is 0.345 e. The number of benzene rings is 1. The monoisotopic (exact) mass is 278 g/mol. The minimum absolute atomic E-state index is 0.140. The number of ether oxygens (including phenoxy) is 1. The van der Waals surface area contributed by atoms with Crippen molar-refractivity contribution in [2.24, 2.45) is 0 Å². The van der Waals surface area contributed by atoms with Crippen molar-refractivity contribution in [2.45, 2.75) is 13.3 Å². The van der Waals surface area contributed by atoms with Gasteiger partial charge in [0.05, 0.1) is 18.3 Å². The van der Waals surface area contributed by atoms with E-state index in [0.29, 0.717) is 23.1 Å². The van der Waals surface area contributed by atoms with E-state index in [4.69, 9.17) is 0 Å². The first-order chi connectivity index (χ1) is 9.58. The number of methoxy groups -OCH3 is 1. The molecule has 0 bridgehead atoms. The summed E-state index contributed by atoms with van der Waals surface area (Å²) in [5.74, 6) is -1.20. The Morgan fingerprint density at radius 1 is 1.45 bits per heavy atom. The molecule has 0 spiro atoms. The Labute approximate surface area is 114 Å². The lowest BCUT2D eigenvalue weighted by Crippen LogP contribution is -2.22. The number of nitrogens with one attached hydrogen (secondary N) is 2. The van der Waals surface area contributed by atoms with Crippen molar-refractivity contribution in [1.82, 2.24) is 4.98 Å². The Morgan fingerprint density at radius 3 is 2.85 bits per heavy atom. The largest absolute Gasteiger partial charge is 0.465 e. The molecule has 2 aromatic rings.